The van der Waals surface area contributed by atoms with E-state index in [0.717, 1.165) is 39.3 Å². The third-order valence-corrected chi connectivity index (χ3v) is 2.72. The van der Waals surface area contributed by atoms with Crippen molar-refractivity contribution in [2.45, 2.75) is 67.9 Å². The topological polar surface area (TPSA) is 54.7 Å². The summed E-state index contributed by atoms with van der Waals surface area (Å²) in [7, 11) is 0. The Morgan fingerprint density at radius 2 is 0.762 bits per heavy atom. The number of rotatable bonds is 6. The van der Waals surface area contributed by atoms with Crippen LogP contribution in [0.2, 0.25) is 0 Å². The van der Waals surface area contributed by atoms with Crippen molar-refractivity contribution in [3.05, 3.63) is 16.0 Å². The van der Waals surface area contributed by atoms with Gasteiger partial charge < -0.3 is 16.0 Å². The molecule has 0 aliphatic rings. The fourth-order valence-corrected chi connectivity index (χ4v) is 0.671. The van der Waals surface area contributed by atoms with Crippen molar-refractivity contribution in [1.82, 2.24) is 0 Å². The molecule has 0 N–H and O–H groups in total. The van der Waals surface area contributed by atoms with Gasteiger partial charge in [0.2, 0.25) is 0 Å². The molecule has 0 spiro atoms. The minimum Gasteiger partial charge on any atom is -0.663 e. The molecule has 0 amide bonds. The van der Waals surface area contributed by atoms with E-state index >= 15 is 0 Å². The van der Waals surface area contributed by atoms with E-state index in [1.165, 1.54) is 0 Å². The van der Waals surface area contributed by atoms with Crippen LogP contribution in [0, 0.1) is 0 Å². The summed E-state index contributed by atoms with van der Waals surface area (Å²) in [6.07, 6.45) is 0. The Bertz CT molecular complexity index is 139. The summed E-state index contributed by atoms with van der Waals surface area (Å²) in [6, 6.07) is 0. The van der Waals surface area contributed by atoms with Crippen molar-refractivity contribution >= 4 is 0 Å². The summed E-state index contributed by atoms with van der Waals surface area (Å²) in [5.41, 5.74) is 0.167. The van der Waals surface area contributed by atoms with Crippen LogP contribution in [-0.2, 0) is 20.3 Å². The molecule has 0 fully saturated rings. The molecule has 0 heterocycles. The second kappa shape index (κ2) is 28.5. The third-order valence-electron chi connectivity index (χ3n) is 1.68. The van der Waals surface area contributed by atoms with Crippen LogP contribution >= 0.6 is 0 Å². The van der Waals surface area contributed by atoms with E-state index in [1.54, 1.807) is 0 Å². The predicted octanol–water partition coefficient (Wildman–Crippen LogP) is 5.72. The van der Waals surface area contributed by atoms with Crippen LogP contribution in [0.3, 0.4) is 0 Å². The minimum atomic E-state index is 0.167. The molecule has 0 radical (unpaired) electrons. The molecule has 5 heteroatoms. The zero-order valence-corrected chi connectivity index (χ0v) is 17.6. The zero-order chi connectivity index (χ0) is 17.6. The van der Waals surface area contributed by atoms with E-state index in [-0.39, 0.29) is 5.54 Å². The van der Waals surface area contributed by atoms with Crippen LogP contribution in [0.15, 0.2) is 3.42 Å². The van der Waals surface area contributed by atoms with Gasteiger partial charge in [0.15, 0.2) is 0 Å². The summed E-state index contributed by atoms with van der Waals surface area (Å²) < 4.78 is 4.02. The van der Waals surface area contributed by atoms with Crippen LogP contribution < -0.4 is 0 Å². The van der Waals surface area contributed by atoms with Crippen molar-refractivity contribution in [2.75, 3.05) is 39.3 Å². The fraction of sp³-hybridized carbons (Fsp3) is 1.00. The molecule has 0 aromatic carbocycles. The molecule has 0 aliphatic carbocycles. The quantitative estimate of drug-likeness (QED) is 0.558. The van der Waals surface area contributed by atoms with Gasteiger partial charge in [-0.1, -0.05) is 41.5 Å². The second-order valence-electron chi connectivity index (χ2n) is 4.85. The Balaban J connectivity index is -0.0000000921. The number of nitrogens with zero attached hydrogens (tertiary/aromatic N) is 4. The minimum absolute atomic E-state index is 0.167. The van der Waals surface area contributed by atoms with Crippen LogP contribution in [0.5, 0.6) is 0 Å². The third kappa shape index (κ3) is 78.2. The number of hydrogen-bond acceptors (Lipinski definition) is 1. The Hall–Kier alpha value is 0.394. The van der Waals surface area contributed by atoms with E-state index in [4.69, 9.17) is 0 Å². The molecule has 130 valence electrons. The van der Waals surface area contributed by atoms with Gasteiger partial charge in [-0.3, -0.25) is 0 Å². The van der Waals surface area contributed by atoms with Gasteiger partial charge >= 0.3 is 50.0 Å². The van der Waals surface area contributed by atoms with Crippen molar-refractivity contribution in [3.8, 4) is 0 Å². The Morgan fingerprint density at radius 1 is 0.619 bits per heavy atom. The molecule has 0 aromatic rings. The summed E-state index contributed by atoms with van der Waals surface area (Å²) >= 11 is 1.83. The van der Waals surface area contributed by atoms with Crippen LogP contribution in [-0.4, -0.2) is 44.8 Å². The van der Waals surface area contributed by atoms with E-state index in [0.29, 0.717) is 0 Å². The zero-order valence-electron chi connectivity index (χ0n) is 16.0. The van der Waals surface area contributed by atoms with Gasteiger partial charge in [-0.2, -0.15) is 39.3 Å². The summed E-state index contributed by atoms with van der Waals surface area (Å²) in [6.45, 7) is 24.3. The average Bonchev–Trinajstić information content (AvgIpc) is 2.43. The summed E-state index contributed by atoms with van der Waals surface area (Å²) in [5.74, 6) is 0. The van der Waals surface area contributed by atoms with Gasteiger partial charge in [0.25, 0.3) is 0 Å². The Labute approximate surface area is 146 Å². The largest absolute Gasteiger partial charge is 0.663 e. The summed E-state index contributed by atoms with van der Waals surface area (Å²) in [5, 5.41) is 11.9. The predicted molar refractivity (Wildman–Crippen MR) is 95.5 cm³/mol. The maximum absolute atomic E-state index is 4.02. The first-order valence-electron chi connectivity index (χ1n) is 8.09. The molecule has 0 saturated heterocycles. The molecule has 4 nitrogen and oxygen atoms in total. The van der Waals surface area contributed by atoms with Crippen molar-refractivity contribution in [3.63, 3.8) is 0 Å². The molecule has 21 heavy (non-hydrogen) atoms. The molecule has 0 saturated carbocycles. The second-order valence-corrected chi connectivity index (χ2v) is 5.20. The van der Waals surface area contributed by atoms with Crippen molar-refractivity contribution < 1.29 is 20.3 Å². The van der Waals surface area contributed by atoms with Crippen LogP contribution in [0.4, 0.5) is 0 Å². The first-order chi connectivity index (χ1) is 9.80. The summed E-state index contributed by atoms with van der Waals surface area (Å²) in [4.78, 5) is 0. The number of hydrogen-bond donors (Lipinski definition) is 0. The first kappa shape index (κ1) is 29.4. The Kier molecular flexibility index (Phi) is 40.0. The van der Waals surface area contributed by atoms with Crippen LogP contribution in [0.25, 0.3) is 16.0 Å². The molecular weight excluding hydrogens is 296 g/mol. The smallest absolute Gasteiger partial charge is 0.0844 e. The van der Waals surface area contributed by atoms with Gasteiger partial charge in [0.05, 0.1) is 0 Å². The maximum Gasteiger partial charge on any atom is -0.0844 e. The first-order valence-corrected chi connectivity index (χ1v) is 8.79. The van der Waals surface area contributed by atoms with E-state index in [9.17, 15) is 0 Å². The maximum atomic E-state index is 4.02. The standard InChI is InChI=1S/C4H9N.3C4H10N.Ti/c1-4(2,3)5;3*1-3-5-4-2;/h1-3H3;3*3-4H2,1-2H3;/q;3*-1;. The monoisotopic (exact) mass is 335 g/mol. The molecule has 0 atom stereocenters. The molecule has 0 aliphatic heterocycles. The molecule has 0 rings (SSSR count). The van der Waals surface area contributed by atoms with Gasteiger partial charge in [-0.15, -0.1) is 0 Å². The van der Waals surface area contributed by atoms with Gasteiger partial charge in [0, 0.05) is 0 Å². The van der Waals surface area contributed by atoms with Gasteiger partial charge in [-0.25, -0.2) is 0 Å². The van der Waals surface area contributed by atoms with Crippen molar-refractivity contribution in [2.24, 2.45) is 3.42 Å². The van der Waals surface area contributed by atoms with E-state index in [2.05, 4.69) is 40.1 Å². The molecular formula is C16H39N4Ti-3. The van der Waals surface area contributed by atoms with Crippen molar-refractivity contribution in [1.29, 1.82) is 0 Å². The van der Waals surface area contributed by atoms with Crippen LogP contribution in [0.1, 0.15) is 62.3 Å². The van der Waals surface area contributed by atoms with Gasteiger partial charge in [-0.05, 0) is 0 Å². The SMILES string of the molecule is CC(C)(C)[N]=[Ti].CC[N-]CC.CC[N-]CC.CC[N-]CC. The fourth-order valence-electron chi connectivity index (χ4n) is 0.671. The average molecular weight is 335 g/mol. The van der Waals surface area contributed by atoms with E-state index < -0.39 is 0 Å². The molecule has 0 bridgehead atoms. The molecule has 0 aromatic heterocycles. The van der Waals surface area contributed by atoms with Gasteiger partial charge in [0.1, 0.15) is 0 Å². The Morgan fingerprint density at radius 3 is 0.762 bits per heavy atom. The normalized spacial score (nSPS) is 9.14. The van der Waals surface area contributed by atoms with E-state index in [1.807, 2.05) is 61.8 Å². The molecule has 0 unspecified atom stereocenters.